The van der Waals surface area contributed by atoms with Crippen LogP contribution in [-0.2, 0) is 4.74 Å². The number of alkyl halides is 1. The molecule has 5 heteroatoms. The van der Waals surface area contributed by atoms with E-state index in [0.29, 0.717) is 0 Å². The molecule has 4 rings (SSSR count). The number of hydrogen-bond acceptors (Lipinski definition) is 1. The summed E-state index contributed by atoms with van der Waals surface area (Å²) in [6, 6.07) is 32.7. The number of hydrogen-bond donors (Lipinski definition) is 0. The van der Waals surface area contributed by atoms with Gasteiger partial charge >= 0.3 is 192 Å². The van der Waals surface area contributed by atoms with Crippen LogP contribution in [0.25, 0.3) is 0 Å². The van der Waals surface area contributed by atoms with Gasteiger partial charge in [-0.3, -0.25) is 0 Å². The van der Waals surface area contributed by atoms with Crippen molar-refractivity contribution in [2.45, 2.75) is 30.3 Å². The molecule has 1 unspecified atom stereocenters. The Kier molecular flexibility index (Phi) is 6.82. The average molecular weight is 574 g/mol. The van der Waals surface area contributed by atoms with Gasteiger partial charge in [-0.05, 0) is 0 Å². The van der Waals surface area contributed by atoms with Crippen LogP contribution < -0.4 is 31.5 Å². The standard InChI is InChI=1S/C25H29Cl2IOP/c1-2-21-30(22-13-6-3-7-14-22,23-15-8-4-9-16-23,24-17-10-5-11-18-24)28(26,27)25-19-12-20-29-25/h3-11,13-18,25H,2,12,19-21H2,1H3/q-1. The van der Waals surface area contributed by atoms with E-state index in [4.69, 9.17) is 22.6 Å². The van der Waals surface area contributed by atoms with Gasteiger partial charge in [-0.15, -0.1) is 0 Å². The maximum atomic E-state index is 7.88. The zero-order chi connectivity index (χ0) is 21.1. The van der Waals surface area contributed by atoms with Gasteiger partial charge in [0.2, 0.25) is 0 Å². The third-order valence-corrected chi connectivity index (χ3v) is 45.5. The Labute approximate surface area is 191 Å². The molecule has 0 amide bonds. The van der Waals surface area contributed by atoms with Gasteiger partial charge in [0.25, 0.3) is 0 Å². The molecule has 1 heterocycles. The quantitative estimate of drug-likeness (QED) is 0.239. The van der Waals surface area contributed by atoms with Crippen molar-refractivity contribution in [1.29, 1.82) is 0 Å². The van der Waals surface area contributed by atoms with Crippen molar-refractivity contribution < 1.29 is 20.4 Å². The summed E-state index contributed by atoms with van der Waals surface area (Å²) < 4.78 is 3.06. The molecule has 0 aliphatic carbocycles. The SMILES string of the molecule is CCCP(c1ccccc1)(c1ccccc1)(c1ccccc1)[I-](Cl)(Cl)C1CCCO1. The van der Waals surface area contributed by atoms with Crippen LogP contribution in [0.2, 0.25) is 0 Å². The molecule has 1 fully saturated rings. The Morgan fingerprint density at radius 3 is 1.57 bits per heavy atom. The second-order valence-corrected chi connectivity index (χ2v) is 35.7. The van der Waals surface area contributed by atoms with Crippen LogP contribution in [0.1, 0.15) is 26.2 Å². The number of ether oxygens (including phenoxy) is 1. The average Bonchev–Trinajstić information content (AvgIpc) is 3.35. The summed E-state index contributed by atoms with van der Waals surface area (Å²) in [5.41, 5.74) is 0. The molecular formula is C25H29Cl2IOP-. The van der Waals surface area contributed by atoms with Crippen molar-refractivity contribution in [3.05, 3.63) is 91.0 Å². The fraction of sp³-hybridized carbons (Fsp3) is 0.280. The second-order valence-electron chi connectivity index (χ2n) is 7.78. The van der Waals surface area contributed by atoms with Crippen molar-refractivity contribution in [3.8, 4) is 0 Å². The first kappa shape index (κ1) is 22.6. The molecule has 0 N–H and O–H groups in total. The molecule has 0 saturated carbocycles. The monoisotopic (exact) mass is 573 g/mol. The Morgan fingerprint density at radius 1 is 0.800 bits per heavy atom. The summed E-state index contributed by atoms with van der Waals surface area (Å²) in [4.78, 5) is 0. The van der Waals surface area contributed by atoms with E-state index in [1.807, 2.05) is 0 Å². The predicted octanol–water partition coefficient (Wildman–Crippen LogP) is 3.45. The van der Waals surface area contributed by atoms with E-state index in [-0.39, 0.29) is 4.11 Å². The Balaban J connectivity index is 2.22. The third-order valence-electron chi connectivity index (χ3n) is 6.19. The van der Waals surface area contributed by atoms with E-state index in [9.17, 15) is 0 Å². The first-order valence-corrected chi connectivity index (χ1v) is 22.4. The Hall–Kier alpha value is -0.640. The molecule has 0 spiro atoms. The van der Waals surface area contributed by atoms with E-state index in [2.05, 4.69) is 97.9 Å². The van der Waals surface area contributed by atoms with E-state index in [1.54, 1.807) is 0 Å². The molecule has 3 aromatic carbocycles. The van der Waals surface area contributed by atoms with Crippen LogP contribution in [0.15, 0.2) is 91.0 Å². The molecule has 0 radical (unpaired) electrons. The zero-order valence-electron chi connectivity index (χ0n) is 17.3. The van der Waals surface area contributed by atoms with Gasteiger partial charge in [-0.2, -0.15) is 0 Å². The van der Waals surface area contributed by atoms with Crippen molar-refractivity contribution in [2.75, 3.05) is 12.8 Å². The molecule has 1 aliphatic rings. The van der Waals surface area contributed by atoms with Gasteiger partial charge in [0.1, 0.15) is 0 Å². The summed E-state index contributed by atoms with van der Waals surface area (Å²) in [5.74, 6) is 0. The summed E-state index contributed by atoms with van der Waals surface area (Å²) in [6.45, 7) is 3.02. The molecule has 0 aromatic heterocycles. The van der Waals surface area contributed by atoms with E-state index < -0.39 is 19.9 Å². The molecule has 30 heavy (non-hydrogen) atoms. The number of rotatable bonds is 7. The van der Waals surface area contributed by atoms with Crippen molar-refractivity contribution in [2.24, 2.45) is 0 Å². The van der Waals surface area contributed by atoms with Crippen LogP contribution in [0, 0.1) is 0 Å². The van der Waals surface area contributed by atoms with Crippen LogP contribution in [-0.4, -0.2) is 16.9 Å². The molecule has 3 aromatic rings. The molecule has 0 bridgehead atoms. The first-order valence-electron chi connectivity index (χ1n) is 10.5. The van der Waals surface area contributed by atoms with Gasteiger partial charge in [0, 0.05) is 0 Å². The third kappa shape index (κ3) is 3.18. The number of halogens is 3. The fourth-order valence-corrected chi connectivity index (χ4v) is 44.5. The number of benzene rings is 3. The van der Waals surface area contributed by atoms with E-state index in [0.717, 1.165) is 32.0 Å². The van der Waals surface area contributed by atoms with Crippen molar-refractivity contribution >= 4 is 38.0 Å². The maximum absolute atomic E-state index is 7.88. The van der Waals surface area contributed by atoms with Crippen molar-refractivity contribution in [1.82, 2.24) is 0 Å². The topological polar surface area (TPSA) is 9.23 Å². The van der Waals surface area contributed by atoms with Crippen LogP contribution in [0.3, 0.4) is 0 Å². The van der Waals surface area contributed by atoms with Gasteiger partial charge in [0.15, 0.2) is 0 Å². The van der Waals surface area contributed by atoms with Crippen molar-refractivity contribution in [3.63, 3.8) is 0 Å². The normalized spacial score (nSPS) is 19.2. The molecule has 1 nitrogen and oxygen atoms in total. The predicted molar refractivity (Wildman–Crippen MR) is 131 cm³/mol. The Bertz CT molecular complexity index is 861. The van der Waals surface area contributed by atoms with Gasteiger partial charge < -0.3 is 0 Å². The molecular weight excluding hydrogens is 545 g/mol. The summed E-state index contributed by atoms with van der Waals surface area (Å²) in [7, 11) is 15.8. The summed E-state index contributed by atoms with van der Waals surface area (Å²) in [6.07, 6.45) is 3.96. The minimum absolute atomic E-state index is 0.0370. The molecule has 1 aliphatic heterocycles. The van der Waals surface area contributed by atoms with E-state index >= 15 is 0 Å². The fourth-order valence-electron chi connectivity index (χ4n) is 4.96. The van der Waals surface area contributed by atoms with E-state index in [1.165, 1.54) is 15.9 Å². The zero-order valence-corrected chi connectivity index (χ0v) is 21.8. The molecule has 1 saturated heterocycles. The van der Waals surface area contributed by atoms with Gasteiger partial charge in [-0.1, -0.05) is 0 Å². The van der Waals surface area contributed by atoms with Gasteiger partial charge in [0.05, 0.1) is 0 Å². The second kappa shape index (κ2) is 9.08. The van der Waals surface area contributed by atoms with Crippen LogP contribution >= 0.6 is 22.1 Å². The molecule has 1 atom stereocenters. The van der Waals surface area contributed by atoms with Gasteiger partial charge in [-0.25, -0.2) is 0 Å². The Morgan fingerprint density at radius 2 is 1.23 bits per heavy atom. The minimum atomic E-state index is -3.68. The van der Waals surface area contributed by atoms with Crippen LogP contribution in [0.5, 0.6) is 0 Å². The molecule has 162 valence electrons. The van der Waals surface area contributed by atoms with Crippen LogP contribution in [0.4, 0.5) is 0 Å². The summed E-state index contributed by atoms with van der Waals surface area (Å²) >= 11 is -3.68. The first-order chi connectivity index (χ1) is 14.6. The summed E-state index contributed by atoms with van der Waals surface area (Å²) in [5, 5.41) is 3.92.